The Balaban J connectivity index is 2.41. The van der Waals surface area contributed by atoms with E-state index < -0.39 is 15.7 Å². The molecule has 0 bridgehead atoms. The topological polar surface area (TPSA) is 60.2 Å². The van der Waals surface area contributed by atoms with Crippen molar-refractivity contribution in [3.8, 4) is 0 Å². The van der Waals surface area contributed by atoms with Crippen LogP contribution in [-0.2, 0) is 16.3 Å². The second-order valence-corrected chi connectivity index (χ2v) is 6.52. The van der Waals surface area contributed by atoms with E-state index in [-0.39, 0.29) is 10.4 Å². The van der Waals surface area contributed by atoms with Crippen molar-refractivity contribution in [2.45, 2.75) is 29.7 Å². The van der Waals surface area contributed by atoms with Gasteiger partial charge in [-0.1, -0.05) is 12.1 Å². The normalized spacial score (nSPS) is 18.4. The lowest BCUT2D eigenvalue weighted by Crippen LogP contribution is -2.25. The monoisotopic (exact) mass is 243 g/mol. The summed E-state index contributed by atoms with van der Waals surface area (Å²) >= 11 is 0. The molecule has 0 atom stereocenters. The number of hydrogen-bond acceptors (Lipinski definition) is 3. The second kappa shape index (κ2) is 3.53. The Labute approximate surface area is 94.4 Å². The summed E-state index contributed by atoms with van der Waals surface area (Å²) in [5.41, 5.74) is 5.96. The van der Waals surface area contributed by atoms with Gasteiger partial charge in [0, 0.05) is 11.8 Å². The summed E-state index contributed by atoms with van der Waals surface area (Å²) in [6.07, 6.45) is 3.15. The highest BCUT2D eigenvalue weighted by Crippen LogP contribution is 2.36. The van der Waals surface area contributed by atoms with Gasteiger partial charge in [-0.3, -0.25) is 0 Å². The third-order valence-electron chi connectivity index (χ3n) is 2.88. The third kappa shape index (κ3) is 2.25. The van der Waals surface area contributed by atoms with Gasteiger partial charge in [0.1, 0.15) is 10.7 Å². The molecule has 16 heavy (non-hydrogen) atoms. The summed E-state index contributed by atoms with van der Waals surface area (Å²) in [6.45, 7) is 0. The molecule has 0 aromatic heterocycles. The molecule has 0 saturated heterocycles. The maximum atomic E-state index is 13.9. The van der Waals surface area contributed by atoms with Crippen LogP contribution in [0.3, 0.4) is 0 Å². The summed E-state index contributed by atoms with van der Waals surface area (Å²) in [5.74, 6) is -0.651. The number of nitrogens with two attached hydrogens (primary N) is 1. The summed E-state index contributed by atoms with van der Waals surface area (Å²) in [5, 5.41) is 0. The van der Waals surface area contributed by atoms with Crippen LogP contribution in [0.15, 0.2) is 23.1 Å². The van der Waals surface area contributed by atoms with Gasteiger partial charge < -0.3 is 5.73 Å². The van der Waals surface area contributed by atoms with Crippen LogP contribution >= 0.6 is 0 Å². The Morgan fingerprint density at radius 1 is 1.44 bits per heavy atom. The van der Waals surface area contributed by atoms with Gasteiger partial charge in [-0.2, -0.15) is 0 Å². The van der Waals surface area contributed by atoms with Crippen molar-refractivity contribution in [3.63, 3.8) is 0 Å². The Kier molecular flexibility index (Phi) is 2.55. The van der Waals surface area contributed by atoms with Crippen LogP contribution in [0.2, 0.25) is 0 Å². The van der Waals surface area contributed by atoms with E-state index in [4.69, 9.17) is 5.73 Å². The molecule has 1 aliphatic carbocycles. The molecule has 5 heteroatoms. The molecule has 88 valence electrons. The van der Waals surface area contributed by atoms with Gasteiger partial charge in [0.25, 0.3) is 0 Å². The lowest BCUT2D eigenvalue weighted by atomic mass is 10.0. The second-order valence-electron chi connectivity index (χ2n) is 4.54. The van der Waals surface area contributed by atoms with Crippen LogP contribution in [0.5, 0.6) is 0 Å². The smallest absolute Gasteiger partial charge is 0.178 e. The largest absolute Gasteiger partial charge is 0.325 e. The van der Waals surface area contributed by atoms with Gasteiger partial charge in [0.15, 0.2) is 9.84 Å². The van der Waals surface area contributed by atoms with E-state index in [0.717, 1.165) is 19.1 Å². The first kappa shape index (κ1) is 11.5. The summed E-state index contributed by atoms with van der Waals surface area (Å²) in [7, 11) is -3.51. The van der Waals surface area contributed by atoms with Crippen molar-refractivity contribution in [2.75, 3.05) is 6.26 Å². The number of rotatable bonds is 3. The van der Waals surface area contributed by atoms with Gasteiger partial charge in [-0.15, -0.1) is 0 Å². The predicted octanol–water partition coefficient (Wildman–Crippen LogP) is 1.26. The molecule has 0 aliphatic heterocycles. The van der Waals surface area contributed by atoms with Crippen molar-refractivity contribution < 1.29 is 12.8 Å². The zero-order valence-electron chi connectivity index (χ0n) is 9.03. The standard InChI is InChI=1S/C11H14FNO2S/c1-16(14,15)9-4-2-3-8(10(9)12)7-11(13)5-6-11/h2-4H,5-7,13H2,1H3. The minimum atomic E-state index is -3.51. The molecule has 1 fully saturated rings. The molecule has 2 rings (SSSR count). The van der Waals surface area contributed by atoms with Gasteiger partial charge in [0.2, 0.25) is 0 Å². The Morgan fingerprint density at radius 3 is 2.56 bits per heavy atom. The number of sulfone groups is 1. The molecule has 2 N–H and O–H groups in total. The lowest BCUT2D eigenvalue weighted by Gasteiger charge is -2.11. The van der Waals surface area contributed by atoms with Crippen molar-refractivity contribution in [2.24, 2.45) is 5.73 Å². The third-order valence-corrected chi connectivity index (χ3v) is 3.99. The predicted molar refractivity (Wildman–Crippen MR) is 59.4 cm³/mol. The van der Waals surface area contributed by atoms with E-state index in [1.807, 2.05) is 0 Å². The molecule has 1 aromatic rings. The molecule has 0 heterocycles. The van der Waals surface area contributed by atoms with Gasteiger partial charge in [0.05, 0.1) is 0 Å². The number of hydrogen-bond donors (Lipinski definition) is 1. The fourth-order valence-corrected chi connectivity index (χ4v) is 2.48. The van der Waals surface area contributed by atoms with Crippen LogP contribution in [-0.4, -0.2) is 20.2 Å². The maximum Gasteiger partial charge on any atom is 0.178 e. The van der Waals surface area contributed by atoms with Crippen LogP contribution in [0, 0.1) is 5.82 Å². The molecule has 0 radical (unpaired) electrons. The zero-order chi connectivity index (χ0) is 12.0. The zero-order valence-corrected chi connectivity index (χ0v) is 9.85. The molecule has 1 saturated carbocycles. The molecule has 3 nitrogen and oxygen atoms in total. The summed E-state index contributed by atoms with van der Waals surface area (Å²) in [4.78, 5) is -0.241. The van der Waals surface area contributed by atoms with Gasteiger partial charge >= 0.3 is 0 Å². The number of halogens is 1. The Hall–Kier alpha value is -0.940. The van der Waals surface area contributed by atoms with Crippen molar-refractivity contribution in [1.82, 2.24) is 0 Å². The minimum Gasteiger partial charge on any atom is -0.325 e. The lowest BCUT2D eigenvalue weighted by molar-refractivity contribution is 0.547. The first-order chi connectivity index (χ1) is 7.32. The quantitative estimate of drug-likeness (QED) is 0.869. The van der Waals surface area contributed by atoms with Crippen LogP contribution in [0.25, 0.3) is 0 Å². The van der Waals surface area contributed by atoms with Gasteiger partial charge in [-0.25, -0.2) is 12.8 Å². The van der Waals surface area contributed by atoms with E-state index in [9.17, 15) is 12.8 Å². The molecule has 0 amide bonds. The first-order valence-corrected chi connectivity index (χ1v) is 6.97. The summed E-state index contributed by atoms with van der Waals surface area (Å²) < 4.78 is 36.5. The van der Waals surface area contributed by atoms with Crippen LogP contribution < -0.4 is 5.73 Å². The molecular formula is C11H14FNO2S. The van der Waals surface area contributed by atoms with Gasteiger partial charge in [-0.05, 0) is 30.9 Å². The molecule has 1 aromatic carbocycles. The Morgan fingerprint density at radius 2 is 2.06 bits per heavy atom. The molecule has 1 aliphatic rings. The van der Waals surface area contributed by atoms with E-state index in [1.165, 1.54) is 6.07 Å². The van der Waals surface area contributed by atoms with Crippen LogP contribution in [0.4, 0.5) is 4.39 Å². The average molecular weight is 243 g/mol. The van der Waals surface area contributed by atoms with E-state index >= 15 is 0 Å². The van der Waals surface area contributed by atoms with E-state index in [2.05, 4.69) is 0 Å². The first-order valence-electron chi connectivity index (χ1n) is 5.08. The fraction of sp³-hybridized carbons (Fsp3) is 0.455. The van der Waals surface area contributed by atoms with E-state index in [0.29, 0.717) is 12.0 Å². The highest BCUT2D eigenvalue weighted by molar-refractivity contribution is 7.90. The molecular weight excluding hydrogens is 229 g/mol. The highest BCUT2D eigenvalue weighted by atomic mass is 32.2. The number of benzene rings is 1. The fourth-order valence-electron chi connectivity index (χ4n) is 1.70. The highest BCUT2D eigenvalue weighted by Gasteiger charge is 2.39. The van der Waals surface area contributed by atoms with Crippen LogP contribution in [0.1, 0.15) is 18.4 Å². The molecule has 0 unspecified atom stereocenters. The van der Waals surface area contributed by atoms with Crippen molar-refractivity contribution in [3.05, 3.63) is 29.6 Å². The average Bonchev–Trinajstić information content (AvgIpc) is 2.86. The molecule has 0 spiro atoms. The maximum absolute atomic E-state index is 13.9. The van der Waals surface area contributed by atoms with E-state index in [1.54, 1.807) is 12.1 Å². The van der Waals surface area contributed by atoms with Crippen molar-refractivity contribution >= 4 is 9.84 Å². The van der Waals surface area contributed by atoms with Crippen molar-refractivity contribution in [1.29, 1.82) is 0 Å². The summed E-state index contributed by atoms with van der Waals surface area (Å²) in [6, 6.07) is 4.43. The minimum absolute atomic E-state index is 0.241. The SMILES string of the molecule is CS(=O)(=O)c1cccc(CC2(N)CC2)c1F. The Bertz CT molecular complexity index is 521.